The molecule has 1 aliphatic carbocycles. The maximum absolute atomic E-state index is 12.1. The molecule has 1 amide bonds. The van der Waals surface area contributed by atoms with E-state index in [-0.39, 0.29) is 5.91 Å². The van der Waals surface area contributed by atoms with Crippen molar-refractivity contribution in [2.45, 2.75) is 50.4 Å². The summed E-state index contributed by atoms with van der Waals surface area (Å²) in [4.78, 5) is 17.0. The van der Waals surface area contributed by atoms with E-state index in [0.717, 1.165) is 64.0 Å². The maximum atomic E-state index is 12.1. The monoisotopic (exact) mass is 357 g/mol. The van der Waals surface area contributed by atoms with E-state index < -0.39 is 0 Å². The number of hydrogen-bond acceptors (Lipinski definition) is 4. The van der Waals surface area contributed by atoms with Gasteiger partial charge in [0, 0.05) is 44.3 Å². The summed E-state index contributed by atoms with van der Waals surface area (Å²) in [6.07, 6.45) is 6.20. The van der Waals surface area contributed by atoms with Gasteiger partial charge in [-0.15, -0.1) is 0 Å². The molecule has 0 spiro atoms. The fraction of sp³-hybridized carbons (Fsp3) is 0.667. The molecule has 2 atom stereocenters. The first-order chi connectivity index (χ1) is 12.7. The van der Waals surface area contributed by atoms with Crippen molar-refractivity contribution in [3.05, 3.63) is 35.4 Å². The van der Waals surface area contributed by atoms with Gasteiger partial charge in [0.25, 0.3) is 5.91 Å². The lowest BCUT2D eigenvalue weighted by atomic mass is 10.0. The lowest BCUT2D eigenvalue weighted by Gasteiger charge is -2.33. The van der Waals surface area contributed by atoms with E-state index in [2.05, 4.69) is 34.3 Å². The van der Waals surface area contributed by atoms with Gasteiger partial charge in [-0.3, -0.25) is 9.69 Å². The van der Waals surface area contributed by atoms with Gasteiger partial charge in [0.05, 0.1) is 12.2 Å². The number of carbonyl (C=O) groups is 1. The molecule has 26 heavy (non-hydrogen) atoms. The maximum Gasteiger partial charge on any atom is 0.251 e. The van der Waals surface area contributed by atoms with Crippen LogP contribution in [0.1, 0.15) is 41.6 Å². The van der Waals surface area contributed by atoms with E-state index >= 15 is 0 Å². The van der Waals surface area contributed by atoms with Gasteiger partial charge in [-0.1, -0.05) is 12.1 Å². The molecule has 5 nitrogen and oxygen atoms in total. The summed E-state index contributed by atoms with van der Waals surface area (Å²) >= 11 is 0. The minimum atomic E-state index is 0.0587. The first kappa shape index (κ1) is 18.0. The van der Waals surface area contributed by atoms with E-state index in [1.165, 1.54) is 12.0 Å². The molecule has 0 unspecified atom stereocenters. The summed E-state index contributed by atoms with van der Waals surface area (Å²) in [5, 5.41) is 3.04. The molecule has 2 aliphatic heterocycles. The van der Waals surface area contributed by atoms with Crippen LogP contribution in [0.2, 0.25) is 0 Å². The highest BCUT2D eigenvalue weighted by Gasteiger charge is 2.28. The van der Waals surface area contributed by atoms with Gasteiger partial charge >= 0.3 is 0 Å². The first-order valence-electron chi connectivity index (χ1n) is 10.1. The molecule has 4 rings (SSSR count). The molecular weight excluding hydrogens is 326 g/mol. The number of nitrogens with zero attached hydrogens (tertiary/aromatic N) is 2. The molecule has 0 radical (unpaired) electrons. The van der Waals surface area contributed by atoms with Crippen LogP contribution in [-0.2, 0) is 11.2 Å². The molecule has 3 fully saturated rings. The fourth-order valence-electron chi connectivity index (χ4n) is 3.93. The first-order valence-corrected chi connectivity index (χ1v) is 10.1. The van der Waals surface area contributed by atoms with Crippen LogP contribution in [0.15, 0.2) is 24.3 Å². The third kappa shape index (κ3) is 4.84. The second-order valence-corrected chi connectivity index (χ2v) is 8.21. The molecule has 1 N–H and O–H groups in total. The number of piperazine rings is 1. The molecular formula is C21H31N3O2. The van der Waals surface area contributed by atoms with Crippen molar-refractivity contribution in [2.75, 3.05) is 39.8 Å². The quantitative estimate of drug-likeness (QED) is 0.845. The Morgan fingerprint density at radius 3 is 2.42 bits per heavy atom. The van der Waals surface area contributed by atoms with Crippen LogP contribution in [0.5, 0.6) is 0 Å². The number of rotatable bonds is 6. The van der Waals surface area contributed by atoms with Crippen molar-refractivity contribution in [3.63, 3.8) is 0 Å². The number of hydrogen-bond donors (Lipinski definition) is 1. The molecule has 1 aromatic rings. The number of nitrogens with one attached hydrogen (secondary N) is 1. The van der Waals surface area contributed by atoms with Gasteiger partial charge in [0.15, 0.2) is 0 Å². The highest BCUT2D eigenvalue weighted by molar-refractivity contribution is 5.94. The molecule has 2 heterocycles. The standard InChI is InChI=1S/C21H31N3O2/c1-23-10-12-24(13-11-23)15-20-9-8-19(26-20)14-16-2-4-17(5-3-16)21(25)22-18-6-7-18/h2-5,18-20H,6-15H2,1H3,(H,22,25)/t19-,20+/m0/s1. The molecule has 0 bridgehead atoms. The number of ether oxygens (including phenoxy) is 1. The summed E-state index contributed by atoms with van der Waals surface area (Å²) in [5.41, 5.74) is 2.03. The van der Waals surface area contributed by atoms with Crippen molar-refractivity contribution in [3.8, 4) is 0 Å². The highest BCUT2D eigenvalue weighted by Crippen LogP contribution is 2.24. The Morgan fingerprint density at radius 1 is 1.04 bits per heavy atom. The van der Waals surface area contributed by atoms with Crippen molar-refractivity contribution in [1.29, 1.82) is 0 Å². The van der Waals surface area contributed by atoms with Crippen LogP contribution in [0.4, 0.5) is 0 Å². The Kier molecular flexibility index (Phi) is 5.57. The second-order valence-electron chi connectivity index (χ2n) is 8.21. The molecule has 3 aliphatic rings. The van der Waals surface area contributed by atoms with Crippen LogP contribution in [0.3, 0.4) is 0 Å². The predicted molar refractivity (Wildman–Crippen MR) is 102 cm³/mol. The second kappa shape index (κ2) is 8.07. The van der Waals surface area contributed by atoms with Gasteiger partial charge < -0.3 is 15.0 Å². The molecule has 2 saturated heterocycles. The average molecular weight is 357 g/mol. The zero-order valence-corrected chi connectivity index (χ0v) is 15.8. The topological polar surface area (TPSA) is 44.8 Å². The molecule has 0 aromatic heterocycles. The van der Waals surface area contributed by atoms with Gasteiger partial charge in [-0.25, -0.2) is 0 Å². The van der Waals surface area contributed by atoms with Crippen LogP contribution < -0.4 is 5.32 Å². The Morgan fingerprint density at radius 2 is 1.73 bits per heavy atom. The van der Waals surface area contributed by atoms with Gasteiger partial charge in [-0.05, 0) is 56.8 Å². The largest absolute Gasteiger partial charge is 0.373 e. The van der Waals surface area contributed by atoms with Crippen molar-refractivity contribution >= 4 is 5.91 Å². The Bertz CT molecular complexity index is 606. The number of benzene rings is 1. The van der Waals surface area contributed by atoms with Crippen LogP contribution >= 0.6 is 0 Å². The number of amides is 1. The van der Waals surface area contributed by atoms with E-state index in [1.807, 2.05) is 12.1 Å². The van der Waals surface area contributed by atoms with Gasteiger partial charge in [0.1, 0.15) is 0 Å². The average Bonchev–Trinajstić information content (AvgIpc) is 3.35. The zero-order valence-electron chi connectivity index (χ0n) is 15.8. The highest BCUT2D eigenvalue weighted by atomic mass is 16.5. The van der Waals surface area contributed by atoms with Crippen LogP contribution in [0.25, 0.3) is 0 Å². The Hall–Kier alpha value is -1.43. The van der Waals surface area contributed by atoms with E-state index in [1.54, 1.807) is 0 Å². The van der Waals surface area contributed by atoms with Crippen molar-refractivity contribution in [2.24, 2.45) is 0 Å². The summed E-state index contributed by atoms with van der Waals surface area (Å²) in [6.45, 7) is 5.72. The number of carbonyl (C=O) groups excluding carboxylic acids is 1. The summed E-state index contributed by atoms with van der Waals surface area (Å²) in [5.74, 6) is 0.0587. The van der Waals surface area contributed by atoms with Crippen LogP contribution in [0, 0.1) is 0 Å². The van der Waals surface area contributed by atoms with Gasteiger partial charge in [0.2, 0.25) is 0 Å². The van der Waals surface area contributed by atoms with E-state index in [4.69, 9.17) is 4.74 Å². The van der Waals surface area contributed by atoms with Crippen LogP contribution in [-0.4, -0.2) is 73.7 Å². The minimum absolute atomic E-state index is 0.0587. The third-order valence-corrected chi connectivity index (χ3v) is 5.85. The lowest BCUT2D eigenvalue weighted by molar-refractivity contribution is 0.0146. The Balaban J connectivity index is 1.22. The SMILES string of the molecule is CN1CCN(C[C@H]2CC[C@@H](Cc3ccc(C(=O)NC4CC4)cc3)O2)CC1. The lowest BCUT2D eigenvalue weighted by Crippen LogP contribution is -2.47. The third-order valence-electron chi connectivity index (χ3n) is 5.85. The summed E-state index contributed by atoms with van der Waals surface area (Å²) < 4.78 is 6.30. The normalized spacial score (nSPS) is 27.6. The van der Waals surface area contributed by atoms with E-state index in [9.17, 15) is 4.79 Å². The fourth-order valence-corrected chi connectivity index (χ4v) is 3.93. The van der Waals surface area contributed by atoms with E-state index in [0.29, 0.717) is 18.2 Å². The summed E-state index contributed by atoms with van der Waals surface area (Å²) in [6, 6.07) is 8.47. The predicted octanol–water partition coefficient (Wildman–Crippen LogP) is 1.92. The smallest absolute Gasteiger partial charge is 0.251 e. The molecule has 1 saturated carbocycles. The zero-order chi connectivity index (χ0) is 17.9. The van der Waals surface area contributed by atoms with Crippen molar-refractivity contribution < 1.29 is 9.53 Å². The summed E-state index contributed by atoms with van der Waals surface area (Å²) in [7, 11) is 2.19. The minimum Gasteiger partial charge on any atom is -0.373 e. The van der Waals surface area contributed by atoms with Gasteiger partial charge in [-0.2, -0.15) is 0 Å². The molecule has 5 heteroatoms. The number of likely N-dealkylation sites (N-methyl/N-ethyl adjacent to an activating group) is 1. The van der Waals surface area contributed by atoms with Crippen molar-refractivity contribution in [1.82, 2.24) is 15.1 Å². The molecule has 1 aromatic carbocycles. The Labute approximate surface area is 156 Å². The molecule has 142 valence electrons.